The van der Waals surface area contributed by atoms with E-state index in [1.165, 1.54) is 0 Å². The van der Waals surface area contributed by atoms with Gasteiger partial charge in [-0.05, 0) is 26.7 Å². The van der Waals surface area contributed by atoms with E-state index in [1.54, 1.807) is 0 Å². The molecular formula is C10H22NO+. The summed E-state index contributed by atoms with van der Waals surface area (Å²) in [6, 6.07) is 0. The molecule has 0 aromatic carbocycles. The first-order valence-electron chi connectivity index (χ1n) is 4.67. The zero-order valence-electron chi connectivity index (χ0n) is 8.98. The molecule has 12 heavy (non-hydrogen) atoms. The third-order valence-electron chi connectivity index (χ3n) is 1.58. The lowest BCUT2D eigenvalue weighted by Gasteiger charge is -2.16. The van der Waals surface area contributed by atoms with E-state index in [4.69, 9.17) is 0 Å². The van der Waals surface area contributed by atoms with Crippen LogP contribution in [-0.4, -0.2) is 17.9 Å². The molecule has 0 spiro atoms. The Morgan fingerprint density at radius 3 is 2.17 bits per heavy atom. The van der Waals surface area contributed by atoms with Crippen LogP contribution in [-0.2, 0) is 4.79 Å². The van der Waals surface area contributed by atoms with Crippen molar-refractivity contribution in [2.24, 2.45) is 5.92 Å². The van der Waals surface area contributed by atoms with Crippen LogP contribution in [0.5, 0.6) is 0 Å². The highest BCUT2D eigenvalue weighted by molar-refractivity contribution is 5.79. The van der Waals surface area contributed by atoms with Gasteiger partial charge in [0.1, 0.15) is 6.54 Å². The Morgan fingerprint density at radius 1 is 1.33 bits per heavy atom. The van der Waals surface area contributed by atoms with Crippen molar-refractivity contribution >= 4 is 5.78 Å². The maximum absolute atomic E-state index is 11.3. The Kier molecular flexibility index (Phi) is 4.46. The van der Waals surface area contributed by atoms with E-state index >= 15 is 0 Å². The van der Waals surface area contributed by atoms with Crippen molar-refractivity contribution in [2.75, 3.05) is 6.54 Å². The average molecular weight is 172 g/mol. The Morgan fingerprint density at radius 2 is 1.83 bits per heavy atom. The molecule has 0 rings (SSSR count). The zero-order chi connectivity index (χ0) is 9.78. The molecule has 0 amide bonds. The van der Waals surface area contributed by atoms with Gasteiger partial charge in [0, 0.05) is 6.42 Å². The molecule has 0 aliphatic rings. The summed E-state index contributed by atoms with van der Waals surface area (Å²) in [5, 5.41) is 2.09. The van der Waals surface area contributed by atoms with Crippen LogP contribution in [0, 0.1) is 5.92 Å². The molecule has 0 aromatic rings. The van der Waals surface area contributed by atoms with Gasteiger partial charge in [0.2, 0.25) is 0 Å². The van der Waals surface area contributed by atoms with Crippen molar-refractivity contribution in [3.8, 4) is 0 Å². The molecule has 0 aromatic heterocycles. The number of quaternary nitrogens is 1. The van der Waals surface area contributed by atoms with E-state index in [-0.39, 0.29) is 5.54 Å². The summed E-state index contributed by atoms with van der Waals surface area (Å²) in [5.74, 6) is 0.853. The van der Waals surface area contributed by atoms with E-state index in [0.717, 1.165) is 0 Å². The molecule has 0 aliphatic heterocycles. The van der Waals surface area contributed by atoms with Crippen molar-refractivity contribution in [2.45, 2.75) is 46.6 Å². The summed E-state index contributed by atoms with van der Waals surface area (Å²) >= 11 is 0. The quantitative estimate of drug-likeness (QED) is 0.673. The van der Waals surface area contributed by atoms with Gasteiger partial charge in [-0.1, -0.05) is 13.8 Å². The van der Waals surface area contributed by atoms with E-state index in [0.29, 0.717) is 24.7 Å². The fraction of sp³-hybridized carbons (Fsp3) is 0.900. The summed E-state index contributed by atoms with van der Waals surface area (Å²) in [5.41, 5.74) is 0.173. The smallest absolute Gasteiger partial charge is 0.186 e. The van der Waals surface area contributed by atoms with E-state index in [2.05, 4.69) is 39.9 Å². The van der Waals surface area contributed by atoms with Crippen LogP contribution in [0.1, 0.15) is 41.0 Å². The summed E-state index contributed by atoms with van der Waals surface area (Å²) in [6.07, 6.45) is 0.715. The third kappa shape index (κ3) is 7.73. The highest BCUT2D eigenvalue weighted by Gasteiger charge is 2.15. The third-order valence-corrected chi connectivity index (χ3v) is 1.58. The van der Waals surface area contributed by atoms with Crippen LogP contribution in [0.15, 0.2) is 0 Å². The van der Waals surface area contributed by atoms with Gasteiger partial charge >= 0.3 is 0 Å². The summed E-state index contributed by atoms with van der Waals surface area (Å²) in [4.78, 5) is 11.3. The predicted octanol–water partition coefficient (Wildman–Crippen LogP) is 0.963. The molecule has 72 valence electrons. The van der Waals surface area contributed by atoms with Crippen LogP contribution >= 0.6 is 0 Å². The highest BCUT2D eigenvalue weighted by Crippen LogP contribution is 1.98. The van der Waals surface area contributed by atoms with Gasteiger partial charge in [0.05, 0.1) is 5.54 Å². The maximum atomic E-state index is 11.3. The van der Waals surface area contributed by atoms with Crippen molar-refractivity contribution in [1.82, 2.24) is 0 Å². The number of hydrogen-bond acceptors (Lipinski definition) is 1. The van der Waals surface area contributed by atoms with Crippen LogP contribution in [0.3, 0.4) is 0 Å². The first-order chi connectivity index (χ1) is 5.31. The Labute approximate surface area is 75.7 Å². The minimum Gasteiger partial charge on any atom is -0.336 e. The second-order valence-electron chi connectivity index (χ2n) is 4.91. The van der Waals surface area contributed by atoms with Gasteiger partial charge < -0.3 is 5.32 Å². The summed E-state index contributed by atoms with van der Waals surface area (Å²) < 4.78 is 0. The van der Waals surface area contributed by atoms with Crippen LogP contribution in [0.25, 0.3) is 0 Å². The maximum Gasteiger partial charge on any atom is 0.186 e. The number of carbonyl (C=O) groups excluding carboxylic acids is 1. The van der Waals surface area contributed by atoms with Gasteiger partial charge in [0.15, 0.2) is 5.78 Å². The molecular weight excluding hydrogens is 150 g/mol. The molecule has 0 fully saturated rings. The minimum atomic E-state index is 0.173. The number of nitrogens with two attached hydrogens (primary N) is 1. The molecule has 0 saturated heterocycles. The Balaban J connectivity index is 3.58. The number of Topliss-reactive ketones (excluding diaryl/α,β-unsaturated/α-hetero) is 1. The van der Waals surface area contributed by atoms with Crippen LogP contribution in [0.4, 0.5) is 0 Å². The number of carbonyl (C=O) groups is 1. The lowest BCUT2D eigenvalue weighted by atomic mass is 10.1. The molecule has 0 unspecified atom stereocenters. The molecule has 2 nitrogen and oxygen atoms in total. The molecule has 0 heterocycles. The summed E-state index contributed by atoms with van der Waals surface area (Å²) in [7, 11) is 0. The first kappa shape index (κ1) is 11.6. The van der Waals surface area contributed by atoms with E-state index in [1.807, 2.05) is 0 Å². The number of rotatable bonds is 4. The fourth-order valence-electron chi connectivity index (χ4n) is 0.959. The molecule has 0 atom stereocenters. The van der Waals surface area contributed by atoms with Gasteiger partial charge in [-0.3, -0.25) is 4.79 Å². The molecule has 0 radical (unpaired) electrons. The van der Waals surface area contributed by atoms with Crippen molar-refractivity contribution in [3.63, 3.8) is 0 Å². The van der Waals surface area contributed by atoms with Gasteiger partial charge in [-0.15, -0.1) is 0 Å². The normalized spacial score (nSPS) is 12.2. The standard InChI is InChI=1S/C10H21NO/c1-8(2)6-9(12)7-11-10(3,4)5/h8,11H,6-7H2,1-5H3/p+1. The second kappa shape index (κ2) is 4.61. The molecule has 2 heteroatoms. The Bertz CT molecular complexity index is 144. The van der Waals surface area contributed by atoms with E-state index < -0.39 is 0 Å². The zero-order valence-corrected chi connectivity index (χ0v) is 8.98. The number of ketones is 1. The molecule has 0 aliphatic carbocycles. The SMILES string of the molecule is CC(C)CC(=O)C[NH2+]C(C)(C)C. The van der Waals surface area contributed by atoms with Gasteiger partial charge in [-0.2, -0.15) is 0 Å². The fourth-order valence-corrected chi connectivity index (χ4v) is 0.959. The van der Waals surface area contributed by atoms with Gasteiger partial charge in [0.25, 0.3) is 0 Å². The number of hydrogen-bond donors (Lipinski definition) is 1. The predicted molar refractivity (Wildman–Crippen MR) is 51.0 cm³/mol. The molecule has 0 saturated carbocycles. The lowest BCUT2D eigenvalue weighted by molar-refractivity contribution is -0.707. The summed E-state index contributed by atoms with van der Waals surface area (Å²) in [6.45, 7) is 11.1. The highest BCUT2D eigenvalue weighted by atomic mass is 16.1. The second-order valence-corrected chi connectivity index (χ2v) is 4.91. The van der Waals surface area contributed by atoms with Gasteiger partial charge in [-0.25, -0.2) is 0 Å². The van der Waals surface area contributed by atoms with Crippen molar-refractivity contribution in [3.05, 3.63) is 0 Å². The largest absolute Gasteiger partial charge is 0.336 e. The molecule has 2 N–H and O–H groups in total. The lowest BCUT2D eigenvalue weighted by Crippen LogP contribution is -2.95. The van der Waals surface area contributed by atoms with Crippen molar-refractivity contribution < 1.29 is 10.1 Å². The monoisotopic (exact) mass is 172 g/mol. The molecule has 0 bridgehead atoms. The van der Waals surface area contributed by atoms with Crippen LogP contribution in [0.2, 0.25) is 0 Å². The topological polar surface area (TPSA) is 33.7 Å². The minimum absolute atomic E-state index is 0.173. The van der Waals surface area contributed by atoms with E-state index in [9.17, 15) is 4.79 Å². The van der Waals surface area contributed by atoms with Crippen LogP contribution < -0.4 is 5.32 Å². The average Bonchev–Trinajstić information content (AvgIpc) is 1.80. The van der Waals surface area contributed by atoms with Crippen molar-refractivity contribution in [1.29, 1.82) is 0 Å². The Hall–Kier alpha value is -0.370. The first-order valence-corrected chi connectivity index (χ1v) is 4.67.